The average Bonchev–Trinajstić information content (AvgIpc) is 3.59. The van der Waals surface area contributed by atoms with Gasteiger partial charge in [0, 0.05) is 10.6 Å². The third-order valence-electron chi connectivity index (χ3n) is 5.79. The Hall–Kier alpha value is -3.19. The molecule has 0 bridgehead atoms. The molecule has 1 heterocycles. The molecule has 0 spiro atoms. The fourth-order valence-corrected chi connectivity index (χ4v) is 7.37. The van der Waals surface area contributed by atoms with Gasteiger partial charge in [0.15, 0.2) is 0 Å². The van der Waals surface area contributed by atoms with E-state index in [2.05, 4.69) is 53.2 Å². The maximum Gasteiger partial charge on any atom is 0.208 e. The zero-order chi connectivity index (χ0) is 21.1. The summed E-state index contributed by atoms with van der Waals surface area (Å²) in [6.45, 7) is 0. The molecule has 152 valence electrons. The van der Waals surface area contributed by atoms with Crippen LogP contribution in [0.3, 0.4) is 0 Å². The van der Waals surface area contributed by atoms with E-state index < -0.39 is 7.29 Å². The molecule has 1 aliphatic heterocycles. The molecule has 0 aliphatic carbocycles. The molecule has 0 amide bonds. The van der Waals surface area contributed by atoms with Gasteiger partial charge in [0.05, 0.1) is 12.1 Å². The summed E-state index contributed by atoms with van der Waals surface area (Å²) in [6.07, 6.45) is 4.34. The number of rotatable bonds is 6. The normalized spacial score (nSPS) is 20.6. The summed E-state index contributed by atoms with van der Waals surface area (Å²) in [5.74, 6) is 0. The Labute approximate surface area is 183 Å². The topological polar surface area (TPSA) is 20.1 Å². The minimum atomic E-state index is -3.00. The Bertz CT molecular complexity index is 1160. The predicted molar refractivity (Wildman–Crippen MR) is 130 cm³/mol. The van der Waals surface area contributed by atoms with Gasteiger partial charge in [0.25, 0.3) is 0 Å². The van der Waals surface area contributed by atoms with E-state index in [0.717, 1.165) is 16.2 Å². The van der Waals surface area contributed by atoms with Crippen molar-refractivity contribution in [2.75, 3.05) is 0 Å². The third kappa shape index (κ3) is 3.81. The van der Waals surface area contributed by atoms with Gasteiger partial charge in [-0.25, -0.2) is 4.67 Å². The number of hydrogen-bond acceptors (Lipinski definition) is 1. The molecule has 1 unspecified atom stereocenters. The van der Waals surface area contributed by atoms with Gasteiger partial charge >= 0.3 is 0 Å². The van der Waals surface area contributed by atoms with Gasteiger partial charge in [-0.2, -0.15) is 0 Å². The van der Waals surface area contributed by atoms with Crippen LogP contribution in [-0.2, 0) is 4.57 Å². The van der Waals surface area contributed by atoms with Crippen molar-refractivity contribution in [3.8, 4) is 0 Å². The fraction of sp³-hybridized carbons (Fsp3) is 0.0714. The Balaban J connectivity index is 1.61. The van der Waals surface area contributed by atoms with Crippen molar-refractivity contribution in [1.82, 2.24) is 4.67 Å². The number of hydrogen-bond donors (Lipinski definition) is 0. The fourth-order valence-electron chi connectivity index (χ4n) is 4.24. The van der Waals surface area contributed by atoms with Gasteiger partial charge in [-0.05, 0) is 35.4 Å². The molecule has 0 N–H and O–H groups in total. The number of nitrogens with zero attached hydrogens (tertiary/aromatic N) is 1. The van der Waals surface area contributed by atoms with Crippen LogP contribution < -0.4 is 10.6 Å². The zero-order valence-corrected chi connectivity index (χ0v) is 18.1. The van der Waals surface area contributed by atoms with E-state index in [1.807, 2.05) is 84.9 Å². The second-order valence-corrected chi connectivity index (χ2v) is 10.4. The SMILES string of the molecule is O=P(c1ccccc1)(c1ccccc1)N1[C@H](/C=C/c2ccccc2)[C@H]1c1ccccc1. The second kappa shape index (κ2) is 8.51. The molecule has 0 radical (unpaired) electrons. The largest absolute Gasteiger partial charge is 0.296 e. The smallest absolute Gasteiger partial charge is 0.208 e. The lowest BCUT2D eigenvalue weighted by Gasteiger charge is -2.22. The molecule has 4 aromatic rings. The van der Waals surface area contributed by atoms with Crippen LogP contribution in [0.15, 0.2) is 127 Å². The van der Waals surface area contributed by atoms with Crippen LogP contribution in [0, 0.1) is 0 Å². The van der Waals surface area contributed by atoms with Crippen LogP contribution in [-0.4, -0.2) is 10.7 Å². The summed E-state index contributed by atoms with van der Waals surface area (Å²) in [5.41, 5.74) is 2.34. The van der Waals surface area contributed by atoms with Crippen LogP contribution in [0.1, 0.15) is 17.2 Å². The van der Waals surface area contributed by atoms with Crippen LogP contribution in [0.2, 0.25) is 0 Å². The van der Waals surface area contributed by atoms with E-state index in [0.29, 0.717) is 0 Å². The minimum Gasteiger partial charge on any atom is -0.296 e. The highest BCUT2D eigenvalue weighted by atomic mass is 31.2. The zero-order valence-electron chi connectivity index (χ0n) is 17.2. The minimum absolute atomic E-state index is 0.0638. The van der Waals surface area contributed by atoms with E-state index >= 15 is 0 Å². The van der Waals surface area contributed by atoms with Crippen molar-refractivity contribution in [3.63, 3.8) is 0 Å². The molecular weight excluding hydrogens is 397 g/mol. The molecule has 3 heteroatoms. The first-order valence-electron chi connectivity index (χ1n) is 10.6. The van der Waals surface area contributed by atoms with Gasteiger partial charge in [-0.3, -0.25) is 4.57 Å². The molecule has 4 aromatic carbocycles. The van der Waals surface area contributed by atoms with Crippen LogP contribution >= 0.6 is 7.29 Å². The summed E-state index contributed by atoms with van der Waals surface area (Å²) >= 11 is 0. The molecule has 0 aromatic heterocycles. The molecule has 3 atom stereocenters. The predicted octanol–water partition coefficient (Wildman–Crippen LogP) is 6.05. The van der Waals surface area contributed by atoms with Gasteiger partial charge < -0.3 is 0 Å². The third-order valence-corrected chi connectivity index (χ3v) is 8.95. The lowest BCUT2D eigenvalue weighted by molar-refractivity contribution is 0.557. The first-order valence-corrected chi connectivity index (χ1v) is 12.2. The highest BCUT2D eigenvalue weighted by Crippen LogP contribution is 2.64. The Morgan fingerprint density at radius 1 is 0.613 bits per heavy atom. The van der Waals surface area contributed by atoms with Gasteiger partial charge in [0.1, 0.15) is 0 Å². The quantitative estimate of drug-likeness (QED) is 0.279. The monoisotopic (exact) mass is 421 g/mol. The first-order chi connectivity index (χ1) is 15.3. The summed E-state index contributed by atoms with van der Waals surface area (Å²) < 4.78 is 17.1. The molecular formula is C28H24NOP. The second-order valence-electron chi connectivity index (χ2n) is 7.74. The lowest BCUT2D eigenvalue weighted by Crippen LogP contribution is -2.22. The molecule has 1 fully saturated rings. The molecule has 31 heavy (non-hydrogen) atoms. The van der Waals surface area contributed by atoms with Crippen molar-refractivity contribution in [1.29, 1.82) is 0 Å². The van der Waals surface area contributed by atoms with Crippen LogP contribution in [0.25, 0.3) is 6.08 Å². The van der Waals surface area contributed by atoms with Crippen molar-refractivity contribution in [3.05, 3.63) is 139 Å². The van der Waals surface area contributed by atoms with Crippen LogP contribution in [0.5, 0.6) is 0 Å². The molecule has 5 rings (SSSR count). The molecule has 1 aliphatic rings. The summed E-state index contributed by atoms with van der Waals surface area (Å²) in [7, 11) is -3.00. The van der Waals surface area contributed by atoms with E-state index in [1.54, 1.807) is 0 Å². The van der Waals surface area contributed by atoms with Crippen molar-refractivity contribution in [2.24, 2.45) is 0 Å². The highest BCUT2D eigenvalue weighted by molar-refractivity contribution is 7.76. The summed E-state index contributed by atoms with van der Waals surface area (Å²) in [5, 5.41) is 1.75. The standard InChI is InChI=1S/C28H24NOP/c30-31(25-17-9-3-10-18-25,26-19-11-4-12-20-26)29-27(22-21-23-13-5-1-6-14-23)28(29)24-15-7-2-8-16-24/h1-22,27-28H/b22-21+/t27-,28-,29?/m1/s1. The summed E-state index contributed by atoms with van der Waals surface area (Å²) in [6, 6.07) is 40.6. The van der Waals surface area contributed by atoms with Crippen molar-refractivity contribution < 1.29 is 4.57 Å². The van der Waals surface area contributed by atoms with Crippen LogP contribution in [0.4, 0.5) is 0 Å². The molecule has 0 saturated carbocycles. The van der Waals surface area contributed by atoms with E-state index in [-0.39, 0.29) is 12.1 Å². The molecule has 2 nitrogen and oxygen atoms in total. The average molecular weight is 421 g/mol. The first kappa shape index (κ1) is 19.8. The Kier molecular flexibility index (Phi) is 5.42. The van der Waals surface area contributed by atoms with E-state index in [9.17, 15) is 4.57 Å². The lowest BCUT2D eigenvalue weighted by atomic mass is 10.1. The van der Waals surface area contributed by atoms with Crippen molar-refractivity contribution in [2.45, 2.75) is 12.1 Å². The highest BCUT2D eigenvalue weighted by Gasteiger charge is 2.57. The summed E-state index contributed by atoms with van der Waals surface area (Å²) in [4.78, 5) is 0. The maximum absolute atomic E-state index is 14.9. The molecule has 1 saturated heterocycles. The van der Waals surface area contributed by atoms with Gasteiger partial charge in [0.2, 0.25) is 7.29 Å². The van der Waals surface area contributed by atoms with Gasteiger partial charge in [-0.15, -0.1) is 0 Å². The van der Waals surface area contributed by atoms with Crippen molar-refractivity contribution >= 4 is 24.0 Å². The number of benzene rings is 4. The van der Waals surface area contributed by atoms with Gasteiger partial charge in [-0.1, -0.05) is 109 Å². The van der Waals surface area contributed by atoms with E-state index in [1.165, 1.54) is 5.56 Å². The Morgan fingerprint density at radius 3 is 1.58 bits per heavy atom. The Morgan fingerprint density at radius 2 is 1.06 bits per heavy atom. The van der Waals surface area contributed by atoms with E-state index in [4.69, 9.17) is 0 Å². The maximum atomic E-state index is 14.9.